The Balaban J connectivity index is -0.0000000360. The van der Waals surface area contributed by atoms with E-state index in [4.69, 9.17) is 10.0 Å². The molecule has 0 aromatic carbocycles. The van der Waals surface area contributed by atoms with Crippen molar-refractivity contribution < 1.29 is 96.7 Å². The summed E-state index contributed by atoms with van der Waals surface area (Å²) in [5, 5.41) is 17.5. The maximum absolute atomic E-state index is 8.74. The third-order valence-corrected chi connectivity index (χ3v) is 1.13. The zero-order valence-electron chi connectivity index (χ0n) is 10.2. The third-order valence-electron chi connectivity index (χ3n) is 1.13. The minimum atomic E-state index is -1.45. The molecule has 13 nitrogen and oxygen atoms in total. The van der Waals surface area contributed by atoms with Crippen LogP contribution < -0.4 is 29.6 Å². The van der Waals surface area contributed by atoms with Gasteiger partial charge in [-0.2, -0.15) is 0 Å². The van der Waals surface area contributed by atoms with Crippen LogP contribution in [-0.4, -0.2) is 72.2 Å². The number of hydrogen-bond donors (Lipinski definition) is 2. The fourth-order valence-corrected chi connectivity index (χ4v) is 0.728. The second-order valence-electron chi connectivity index (χ2n) is 1.87. The van der Waals surface area contributed by atoms with Gasteiger partial charge < -0.3 is 67.2 Å². The Morgan fingerprint density at radius 3 is 1.00 bits per heavy atom. The Bertz CT molecular complexity index is 130. The molecule has 0 atom stereocenters. The molecule has 0 spiro atoms. The zero-order chi connectivity index (χ0) is 7.84. The normalized spacial score (nSPS) is 15.0. The fraction of sp³-hybridized carbons (Fsp3) is 0. The predicted octanol–water partition coefficient (Wildman–Crippen LogP) is -10.8. The van der Waals surface area contributed by atoms with Gasteiger partial charge in [-0.3, -0.25) is 0 Å². The maximum atomic E-state index is 8.74. The van der Waals surface area contributed by atoms with Crippen molar-refractivity contribution >= 4 is 29.3 Å². The number of rotatable bonds is 0. The molecule has 0 amide bonds. The van der Waals surface area contributed by atoms with Crippen LogP contribution >= 0.6 is 0 Å². The molecule has 2 saturated heterocycles. The average Bonchev–Trinajstić information content (AvgIpc) is 1.82. The smallest absolute Gasteiger partial charge is 1.00 e. The van der Waals surface area contributed by atoms with E-state index in [1.807, 2.05) is 0 Å². The standard InChI is InChI=1S/B4H2O7.Na.6H2O.H/c5-1-7-3-9-2(6)10-4(8-1)11-3;;;;;;;;/h5-6H;;6*1H2;/q;+1;;;;;;;-1. The molecule has 0 aromatic heterocycles. The molecule has 2 heterocycles. The van der Waals surface area contributed by atoms with Crippen molar-refractivity contribution in [3.63, 3.8) is 0 Å². The molecule has 2 aliphatic heterocycles. The number of fused-ring (bicyclic) bond motifs is 2. The van der Waals surface area contributed by atoms with Gasteiger partial charge in [0, 0.05) is 0 Å². The topological polar surface area (TPSA) is 276 Å². The molecular weight excluding hydrogens is 274 g/mol. The van der Waals surface area contributed by atoms with E-state index >= 15 is 0 Å². The molecule has 0 radical (unpaired) electrons. The van der Waals surface area contributed by atoms with E-state index < -0.39 is 29.3 Å². The Labute approximate surface area is 126 Å². The molecular formula is H15B4NaO13. The largest absolute Gasteiger partial charge is 1.00 e. The summed E-state index contributed by atoms with van der Waals surface area (Å²) in [6.07, 6.45) is 0. The van der Waals surface area contributed by atoms with E-state index in [0.717, 1.165) is 0 Å². The molecule has 0 aliphatic carbocycles. The van der Waals surface area contributed by atoms with Crippen LogP contribution in [0.2, 0.25) is 0 Å². The monoisotopic (exact) mass is 290 g/mol. The zero-order valence-corrected chi connectivity index (χ0v) is 11.2. The van der Waals surface area contributed by atoms with Crippen LogP contribution in [0.15, 0.2) is 0 Å². The molecule has 2 fully saturated rings. The summed E-state index contributed by atoms with van der Waals surface area (Å²) in [5.74, 6) is 0. The van der Waals surface area contributed by atoms with Gasteiger partial charge in [0.15, 0.2) is 0 Å². The Kier molecular flexibility index (Phi) is 31.9. The first-order valence-corrected chi connectivity index (χ1v) is 2.87. The first-order valence-electron chi connectivity index (χ1n) is 2.87. The third kappa shape index (κ3) is 9.64. The van der Waals surface area contributed by atoms with Crippen molar-refractivity contribution in [2.24, 2.45) is 0 Å². The summed E-state index contributed by atoms with van der Waals surface area (Å²) in [6.45, 7) is 0. The van der Waals surface area contributed by atoms with Gasteiger partial charge in [0.2, 0.25) is 0 Å². The van der Waals surface area contributed by atoms with Crippen molar-refractivity contribution in [2.45, 2.75) is 0 Å². The predicted molar refractivity (Wildman–Crippen MR) is 55.7 cm³/mol. The summed E-state index contributed by atoms with van der Waals surface area (Å²) in [5.41, 5.74) is 0. The molecule has 2 rings (SSSR count). The first kappa shape index (κ1) is 36.3. The van der Waals surface area contributed by atoms with E-state index in [-0.39, 0.29) is 63.8 Å². The van der Waals surface area contributed by atoms with Crippen molar-refractivity contribution in [3.05, 3.63) is 0 Å². The van der Waals surface area contributed by atoms with Crippen LogP contribution in [0.25, 0.3) is 0 Å². The van der Waals surface area contributed by atoms with E-state index in [1.165, 1.54) is 0 Å². The van der Waals surface area contributed by atoms with Crippen LogP contribution in [-0.2, 0) is 22.9 Å². The second-order valence-corrected chi connectivity index (χ2v) is 1.87. The quantitative estimate of drug-likeness (QED) is 0.405. The minimum absolute atomic E-state index is 0. The fourth-order valence-electron chi connectivity index (χ4n) is 0.728. The molecule has 2 aliphatic rings. The van der Waals surface area contributed by atoms with Crippen LogP contribution in [0.5, 0.6) is 0 Å². The van der Waals surface area contributed by atoms with E-state index in [1.54, 1.807) is 0 Å². The van der Waals surface area contributed by atoms with Crippen molar-refractivity contribution in [1.29, 1.82) is 0 Å². The van der Waals surface area contributed by atoms with Gasteiger partial charge >= 0.3 is 58.8 Å². The molecule has 18 heteroatoms. The van der Waals surface area contributed by atoms with Crippen molar-refractivity contribution in [3.8, 4) is 0 Å². The molecule has 18 heavy (non-hydrogen) atoms. The van der Waals surface area contributed by atoms with Gasteiger partial charge in [-0.25, -0.2) is 0 Å². The molecule has 106 valence electrons. The summed E-state index contributed by atoms with van der Waals surface area (Å²) < 4.78 is 22.6. The van der Waals surface area contributed by atoms with Gasteiger partial charge in [-0.05, 0) is 0 Å². The van der Waals surface area contributed by atoms with E-state index in [9.17, 15) is 0 Å². The molecule has 14 N–H and O–H groups in total. The first-order chi connectivity index (χ1) is 5.24. The van der Waals surface area contributed by atoms with Gasteiger partial charge in [-0.15, -0.1) is 0 Å². The minimum Gasteiger partial charge on any atom is -1.00 e. The van der Waals surface area contributed by atoms with Crippen LogP contribution in [0.1, 0.15) is 1.43 Å². The summed E-state index contributed by atoms with van der Waals surface area (Å²) in [6, 6.07) is 0. The van der Waals surface area contributed by atoms with Crippen molar-refractivity contribution in [1.82, 2.24) is 0 Å². The Hall–Kier alpha value is 0.740. The average molecular weight is 289 g/mol. The molecule has 0 aromatic rings. The Morgan fingerprint density at radius 2 is 0.778 bits per heavy atom. The van der Waals surface area contributed by atoms with Crippen LogP contribution in [0.4, 0.5) is 0 Å². The maximum Gasteiger partial charge on any atom is 1.00 e. The van der Waals surface area contributed by atoms with Gasteiger partial charge in [0.1, 0.15) is 0 Å². The van der Waals surface area contributed by atoms with Crippen LogP contribution in [0, 0.1) is 0 Å². The van der Waals surface area contributed by atoms with Crippen LogP contribution in [0.3, 0.4) is 0 Å². The van der Waals surface area contributed by atoms with Crippen molar-refractivity contribution in [2.75, 3.05) is 0 Å². The molecule has 0 saturated carbocycles. The SMILES string of the molecule is O.O.O.O.O.O.OB1OB2OB(O)OB(O1)O2.[H-].[Na+]. The summed E-state index contributed by atoms with van der Waals surface area (Å²) in [7, 11) is -5.20. The Morgan fingerprint density at radius 1 is 0.556 bits per heavy atom. The second kappa shape index (κ2) is 15.8. The van der Waals surface area contributed by atoms with E-state index in [2.05, 4.69) is 22.9 Å². The molecule has 0 unspecified atom stereocenters. The summed E-state index contributed by atoms with van der Waals surface area (Å²) >= 11 is 0. The molecule has 2 bridgehead atoms. The summed E-state index contributed by atoms with van der Waals surface area (Å²) in [4.78, 5) is 0. The van der Waals surface area contributed by atoms with Gasteiger partial charge in [-0.1, -0.05) is 0 Å². The van der Waals surface area contributed by atoms with E-state index in [0.29, 0.717) is 0 Å². The van der Waals surface area contributed by atoms with Gasteiger partial charge in [0.25, 0.3) is 0 Å². The number of hydrogen-bond acceptors (Lipinski definition) is 7. The van der Waals surface area contributed by atoms with Gasteiger partial charge in [0.05, 0.1) is 0 Å².